The minimum Gasteiger partial charge on any atom is -0.493 e. The number of methoxy groups -OCH3 is 1. The third-order valence-corrected chi connectivity index (χ3v) is 5.03. The summed E-state index contributed by atoms with van der Waals surface area (Å²) in [4.78, 5) is 24.7. The summed E-state index contributed by atoms with van der Waals surface area (Å²) in [6.07, 6.45) is 0. The second-order valence-electron chi connectivity index (χ2n) is 5.98. The van der Waals surface area contributed by atoms with Crippen LogP contribution in [0.25, 0.3) is 0 Å². The number of anilines is 1. The van der Waals surface area contributed by atoms with Crippen molar-refractivity contribution in [1.82, 2.24) is 15.5 Å². The van der Waals surface area contributed by atoms with E-state index in [2.05, 4.69) is 20.8 Å². The molecule has 0 aliphatic rings. The highest BCUT2D eigenvalue weighted by Gasteiger charge is 2.18. The third kappa shape index (κ3) is 5.46. The second-order valence-corrected chi connectivity index (χ2v) is 7.39. The Kier molecular flexibility index (Phi) is 7.21. The van der Waals surface area contributed by atoms with Crippen molar-refractivity contribution in [3.8, 4) is 11.5 Å². The molecule has 1 heterocycles. The van der Waals surface area contributed by atoms with Gasteiger partial charge in [0.2, 0.25) is 10.0 Å². The van der Waals surface area contributed by atoms with Crippen LogP contribution in [0.3, 0.4) is 0 Å². The number of carbonyl (C=O) groups is 2. The van der Waals surface area contributed by atoms with Crippen LogP contribution in [0.2, 0.25) is 5.02 Å². The lowest BCUT2D eigenvalue weighted by Crippen LogP contribution is -2.22. The summed E-state index contributed by atoms with van der Waals surface area (Å²) in [7, 11) is 1.56. The standard InChI is InChI=1S/C20H19ClN4O4S/c1-3-29-16-9-12(7-8-15(16)28-2)11-22-17(26)19-24-25-20(30-19)18(27)23-14-6-4-5-13(21)10-14/h4-10H,3,11H2,1-2H3,(H,22,26)(H,23,27). The molecule has 0 unspecified atom stereocenters. The minimum atomic E-state index is -0.467. The molecule has 156 valence electrons. The number of amides is 2. The molecular formula is C20H19ClN4O4S. The molecule has 8 nitrogen and oxygen atoms in total. The molecule has 30 heavy (non-hydrogen) atoms. The lowest BCUT2D eigenvalue weighted by molar-refractivity contribution is 0.0948. The SMILES string of the molecule is CCOc1cc(CNC(=O)c2nnc(C(=O)Nc3cccc(Cl)c3)s2)ccc1OC. The van der Waals surface area contributed by atoms with Crippen LogP contribution < -0.4 is 20.1 Å². The Balaban J connectivity index is 1.61. The molecule has 0 aliphatic carbocycles. The lowest BCUT2D eigenvalue weighted by atomic mass is 10.2. The number of benzene rings is 2. The number of halogens is 1. The van der Waals surface area contributed by atoms with Gasteiger partial charge >= 0.3 is 0 Å². The number of rotatable bonds is 8. The van der Waals surface area contributed by atoms with Gasteiger partial charge in [-0.05, 0) is 42.8 Å². The summed E-state index contributed by atoms with van der Waals surface area (Å²) in [6.45, 7) is 2.63. The summed E-state index contributed by atoms with van der Waals surface area (Å²) >= 11 is 6.81. The van der Waals surface area contributed by atoms with Crippen molar-refractivity contribution >= 4 is 40.4 Å². The van der Waals surface area contributed by atoms with Gasteiger partial charge in [0.05, 0.1) is 13.7 Å². The van der Waals surface area contributed by atoms with Gasteiger partial charge < -0.3 is 20.1 Å². The van der Waals surface area contributed by atoms with E-state index < -0.39 is 11.8 Å². The lowest BCUT2D eigenvalue weighted by Gasteiger charge is -2.11. The molecule has 0 fully saturated rings. The molecule has 2 N–H and O–H groups in total. The first-order valence-electron chi connectivity index (χ1n) is 8.98. The van der Waals surface area contributed by atoms with Crippen molar-refractivity contribution in [3.05, 3.63) is 63.1 Å². The fourth-order valence-corrected chi connectivity index (χ4v) is 3.36. The monoisotopic (exact) mass is 446 g/mol. The van der Waals surface area contributed by atoms with Crippen LogP contribution in [0.4, 0.5) is 5.69 Å². The molecule has 3 aromatic rings. The van der Waals surface area contributed by atoms with Crippen LogP contribution in [-0.2, 0) is 6.54 Å². The summed E-state index contributed by atoms with van der Waals surface area (Å²) in [5, 5.41) is 13.7. The van der Waals surface area contributed by atoms with Gasteiger partial charge in [-0.3, -0.25) is 9.59 Å². The van der Waals surface area contributed by atoms with Gasteiger partial charge in [0.15, 0.2) is 11.5 Å². The number of nitrogens with zero attached hydrogens (tertiary/aromatic N) is 2. The van der Waals surface area contributed by atoms with Crippen LogP contribution in [0.1, 0.15) is 32.1 Å². The molecule has 1 aromatic heterocycles. The molecular weight excluding hydrogens is 428 g/mol. The molecule has 0 saturated carbocycles. The molecule has 0 saturated heterocycles. The third-order valence-electron chi connectivity index (χ3n) is 3.88. The zero-order valence-corrected chi connectivity index (χ0v) is 17.8. The number of hydrogen-bond donors (Lipinski definition) is 2. The van der Waals surface area contributed by atoms with Crippen LogP contribution in [0.5, 0.6) is 11.5 Å². The first kappa shape index (κ1) is 21.5. The van der Waals surface area contributed by atoms with Gasteiger partial charge in [-0.25, -0.2) is 0 Å². The average Bonchev–Trinajstić information content (AvgIpc) is 3.23. The molecule has 0 bridgehead atoms. The van der Waals surface area contributed by atoms with Crippen LogP contribution in [-0.4, -0.2) is 35.7 Å². The number of aromatic nitrogens is 2. The molecule has 0 radical (unpaired) electrons. The van der Waals surface area contributed by atoms with E-state index in [-0.39, 0.29) is 16.6 Å². The highest BCUT2D eigenvalue weighted by Crippen LogP contribution is 2.28. The van der Waals surface area contributed by atoms with Crippen molar-refractivity contribution < 1.29 is 19.1 Å². The number of ether oxygens (including phenoxy) is 2. The normalized spacial score (nSPS) is 10.4. The Morgan fingerprint density at radius 2 is 1.83 bits per heavy atom. The summed E-state index contributed by atoms with van der Waals surface area (Å²) in [5.74, 6) is 0.322. The Hall–Kier alpha value is -3.17. The Morgan fingerprint density at radius 1 is 1.07 bits per heavy atom. The van der Waals surface area contributed by atoms with E-state index in [1.54, 1.807) is 43.5 Å². The number of carbonyl (C=O) groups excluding carboxylic acids is 2. The fraction of sp³-hybridized carbons (Fsp3) is 0.200. The predicted molar refractivity (Wildman–Crippen MR) is 115 cm³/mol. The van der Waals surface area contributed by atoms with E-state index in [4.69, 9.17) is 21.1 Å². The van der Waals surface area contributed by atoms with E-state index in [1.807, 2.05) is 13.0 Å². The van der Waals surface area contributed by atoms with E-state index in [1.165, 1.54) is 0 Å². The summed E-state index contributed by atoms with van der Waals surface area (Å²) < 4.78 is 10.8. The minimum absolute atomic E-state index is 0.0724. The maximum atomic E-state index is 12.4. The summed E-state index contributed by atoms with van der Waals surface area (Å²) in [6, 6.07) is 12.1. The van der Waals surface area contributed by atoms with E-state index in [0.717, 1.165) is 16.9 Å². The predicted octanol–water partition coefficient (Wildman–Crippen LogP) is 3.78. The first-order chi connectivity index (χ1) is 14.5. The van der Waals surface area contributed by atoms with Gasteiger partial charge in [0.25, 0.3) is 11.8 Å². The summed E-state index contributed by atoms with van der Waals surface area (Å²) in [5.41, 5.74) is 1.36. The smallest absolute Gasteiger partial charge is 0.286 e. The quantitative estimate of drug-likeness (QED) is 0.546. The molecule has 3 rings (SSSR count). The number of nitrogens with one attached hydrogen (secondary N) is 2. The largest absolute Gasteiger partial charge is 0.493 e. The van der Waals surface area contributed by atoms with Crippen molar-refractivity contribution in [2.45, 2.75) is 13.5 Å². The maximum absolute atomic E-state index is 12.4. The van der Waals surface area contributed by atoms with Crippen LogP contribution in [0.15, 0.2) is 42.5 Å². The average molecular weight is 447 g/mol. The van der Waals surface area contributed by atoms with Gasteiger partial charge in [-0.1, -0.05) is 35.1 Å². The molecule has 2 amide bonds. The van der Waals surface area contributed by atoms with E-state index in [0.29, 0.717) is 28.8 Å². The topological polar surface area (TPSA) is 102 Å². The van der Waals surface area contributed by atoms with Crippen molar-refractivity contribution in [3.63, 3.8) is 0 Å². The van der Waals surface area contributed by atoms with Gasteiger partial charge in [-0.2, -0.15) is 0 Å². The first-order valence-corrected chi connectivity index (χ1v) is 10.2. The highest BCUT2D eigenvalue weighted by atomic mass is 35.5. The van der Waals surface area contributed by atoms with Crippen molar-refractivity contribution in [1.29, 1.82) is 0 Å². The highest BCUT2D eigenvalue weighted by molar-refractivity contribution is 7.15. The Bertz CT molecular complexity index is 1060. The van der Waals surface area contributed by atoms with Crippen molar-refractivity contribution in [2.75, 3.05) is 19.0 Å². The maximum Gasteiger partial charge on any atom is 0.286 e. The fourth-order valence-electron chi connectivity index (χ4n) is 2.51. The molecule has 0 atom stereocenters. The van der Waals surface area contributed by atoms with Crippen LogP contribution in [0, 0.1) is 0 Å². The Morgan fingerprint density at radius 3 is 2.53 bits per heavy atom. The van der Waals surface area contributed by atoms with Gasteiger partial charge in [0.1, 0.15) is 0 Å². The second kappa shape index (κ2) is 10.0. The molecule has 10 heteroatoms. The molecule has 0 spiro atoms. The zero-order chi connectivity index (χ0) is 21.5. The Labute approximate surface area is 182 Å². The van der Waals surface area contributed by atoms with Crippen LogP contribution >= 0.6 is 22.9 Å². The zero-order valence-electron chi connectivity index (χ0n) is 16.3. The molecule has 0 aliphatic heterocycles. The number of hydrogen-bond acceptors (Lipinski definition) is 7. The van der Waals surface area contributed by atoms with E-state index >= 15 is 0 Å². The van der Waals surface area contributed by atoms with E-state index in [9.17, 15) is 9.59 Å². The van der Waals surface area contributed by atoms with Gasteiger partial charge in [0, 0.05) is 17.3 Å². The van der Waals surface area contributed by atoms with Crippen molar-refractivity contribution in [2.24, 2.45) is 0 Å². The molecule has 2 aromatic carbocycles. The van der Waals surface area contributed by atoms with Gasteiger partial charge in [-0.15, -0.1) is 10.2 Å².